The minimum absolute atomic E-state index is 0.427. The topological polar surface area (TPSA) is 74.2 Å². The molecular formula is C12H14ClN3O2. The maximum absolute atomic E-state index is 5.92. The fraction of sp³-hybridized carbons (Fsp3) is 0.333. The van der Waals surface area contributed by atoms with Gasteiger partial charge in [0.05, 0.1) is 0 Å². The second-order valence-corrected chi connectivity index (χ2v) is 4.32. The highest BCUT2D eigenvalue weighted by Gasteiger charge is 2.09. The van der Waals surface area contributed by atoms with Crippen LogP contribution in [0.3, 0.4) is 0 Å². The summed E-state index contributed by atoms with van der Waals surface area (Å²) in [4.78, 5) is 4.29. The Morgan fingerprint density at radius 2 is 2.22 bits per heavy atom. The van der Waals surface area contributed by atoms with E-state index in [9.17, 15) is 0 Å². The molecule has 0 aliphatic rings. The van der Waals surface area contributed by atoms with Gasteiger partial charge in [0.1, 0.15) is 0 Å². The quantitative estimate of drug-likeness (QED) is 0.666. The fourth-order valence-electron chi connectivity index (χ4n) is 1.58. The lowest BCUT2D eigenvalue weighted by molar-refractivity contribution is 0.194. The zero-order chi connectivity index (χ0) is 13.0. The van der Waals surface area contributed by atoms with Crippen LogP contribution >= 0.6 is 11.6 Å². The van der Waals surface area contributed by atoms with Crippen LogP contribution in [0.25, 0.3) is 11.5 Å². The summed E-state index contributed by atoms with van der Waals surface area (Å²) in [5.41, 5.74) is 7.00. The van der Waals surface area contributed by atoms with E-state index in [0.717, 1.165) is 12.0 Å². The highest BCUT2D eigenvalue weighted by Crippen LogP contribution is 2.24. The van der Waals surface area contributed by atoms with Crippen LogP contribution in [0.15, 0.2) is 22.7 Å². The second kappa shape index (κ2) is 5.84. The molecular weight excluding hydrogens is 254 g/mol. The van der Waals surface area contributed by atoms with E-state index in [0.29, 0.717) is 35.5 Å². The summed E-state index contributed by atoms with van der Waals surface area (Å²) < 4.78 is 10.1. The van der Waals surface area contributed by atoms with Gasteiger partial charge < -0.3 is 15.0 Å². The number of benzene rings is 1. The zero-order valence-electron chi connectivity index (χ0n) is 10.0. The number of hydrogen-bond acceptors (Lipinski definition) is 5. The number of ether oxygens (including phenoxy) is 1. The first-order valence-electron chi connectivity index (χ1n) is 5.57. The zero-order valence-corrected chi connectivity index (χ0v) is 10.8. The molecule has 0 amide bonds. The number of rotatable bonds is 5. The molecule has 0 aliphatic carbocycles. The van der Waals surface area contributed by atoms with Crippen molar-refractivity contribution < 1.29 is 9.26 Å². The Morgan fingerprint density at radius 3 is 2.94 bits per heavy atom. The number of hydrogen-bond donors (Lipinski definition) is 1. The van der Waals surface area contributed by atoms with Gasteiger partial charge in [-0.05, 0) is 24.6 Å². The van der Waals surface area contributed by atoms with Crippen molar-refractivity contribution >= 4 is 17.3 Å². The van der Waals surface area contributed by atoms with E-state index < -0.39 is 0 Å². The normalized spacial score (nSPS) is 10.8. The van der Waals surface area contributed by atoms with Gasteiger partial charge in [-0.15, -0.1) is 0 Å². The molecule has 5 nitrogen and oxygen atoms in total. The molecule has 18 heavy (non-hydrogen) atoms. The summed E-state index contributed by atoms with van der Waals surface area (Å²) in [6.45, 7) is 0.675. The standard InChI is InChI=1S/C12H14ClN3O2/c1-17-4-2-3-11-15-12(18-16-11)8-5-9(13)7-10(14)6-8/h5-7H,2-4,14H2,1H3. The fourth-order valence-corrected chi connectivity index (χ4v) is 1.83. The van der Waals surface area contributed by atoms with Gasteiger partial charge in [-0.25, -0.2) is 0 Å². The molecule has 0 atom stereocenters. The summed E-state index contributed by atoms with van der Waals surface area (Å²) >= 11 is 5.92. The molecule has 0 fully saturated rings. The van der Waals surface area contributed by atoms with Crippen LogP contribution in [0.4, 0.5) is 5.69 Å². The van der Waals surface area contributed by atoms with Crippen LogP contribution in [0, 0.1) is 0 Å². The van der Waals surface area contributed by atoms with Crippen molar-refractivity contribution in [3.63, 3.8) is 0 Å². The summed E-state index contributed by atoms with van der Waals surface area (Å²) in [5, 5.41) is 4.44. The van der Waals surface area contributed by atoms with E-state index in [1.165, 1.54) is 0 Å². The van der Waals surface area contributed by atoms with Crippen LogP contribution in [-0.2, 0) is 11.2 Å². The lowest BCUT2D eigenvalue weighted by atomic mass is 10.2. The second-order valence-electron chi connectivity index (χ2n) is 3.89. The SMILES string of the molecule is COCCCc1noc(-c2cc(N)cc(Cl)c2)n1. The number of aromatic nitrogens is 2. The van der Waals surface area contributed by atoms with Crippen molar-refractivity contribution in [1.82, 2.24) is 10.1 Å². The molecule has 0 aliphatic heterocycles. The molecule has 96 valence electrons. The van der Waals surface area contributed by atoms with Gasteiger partial charge in [-0.3, -0.25) is 0 Å². The van der Waals surface area contributed by atoms with E-state index in [2.05, 4.69) is 10.1 Å². The van der Waals surface area contributed by atoms with Gasteiger partial charge in [0, 0.05) is 36.4 Å². The van der Waals surface area contributed by atoms with Gasteiger partial charge in [-0.1, -0.05) is 16.8 Å². The Balaban J connectivity index is 2.13. The molecule has 0 bridgehead atoms. The number of halogens is 1. The van der Waals surface area contributed by atoms with Crippen LogP contribution < -0.4 is 5.73 Å². The monoisotopic (exact) mass is 267 g/mol. The maximum atomic E-state index is 5.92. The van der Waals surface area contributed by atoms with Crippen LogP contribution in [0.5, 0.6) is 0 Å². The minimum Gasteiger partial charge on any atom is -0.399 e. The van der Waals surface area contributed by atoms with Gasteiger partial charge in [0.25, 0.3) is 5.89 Å². The minimum atomic E-state index is 0.427. The Bertz CT molecular complexity index is 508. The van der Waals surface area contributed by atoms with Gasteiger partial charge in [0.2, 0.25) is 0 Å². The van der Waals surface area contributed by atoms with Crippen molar-refractivity contribution in [2.75, 3.05) is 19.5 Å². The lowest BCUT2D eigenvalue weighted by Crippen LogP contribution is -1.94. The smallest absolute Gasteiger partial charge is 0.258 e. The number of nitrogen functional groups attached to an aromatic ring is 1. The predicted octanol–water partition coefficient (Wildman–Crippen LogP) is 2.55. The van der Waals surface area contributed by atoms with E-state index in [1.807, 2.05) is 0 Å². The Kier molecular flexibility index (Phi) is 4.17. The van der Waals surface area contributed by atoms with Crippen molar-refractivity contribution in [3.05, 3.63) is 29.0 Å². The van der Waals surface area contributed by atoms with E-state index >= 15 is 0 Å². The number of anilines is 1. The van der Waals surface area contributed by atoms with Crippen molar-refractivity contribution in [1.29, 1.82) is 0 Å². The Hall–Kier alpha value is -1.59. The van der Waals surface area contributed by atoms with Gasteiger partial charge in [-0.2, -0.15) is 4.98 Å². The number of nitrogens with two attached hydrogens (primary N) is 1. The summed E-state index contributed by atoms with van der Waals surface area (Å²) in [6, 6.07) is 5.16. The van der Waals surface area contributed by atoms with Crippen LogP contribution in [0.1, 0.15) is 12.2 Å². The molecule has 6 heteroatoms. The average Bonchev–Trinajstić information content (AvgIpc) is 2.77. The van der Waals surface area contributed by atoms with Gasteiger partial charge >= 0.3 is 0 Å². The molecule has 0 saturated carbocycles. The maximum Gasteiger partial charge on any atom is 0.258 e. The molecule has 1 aromatic carbocycles. The van der Waals surface area contributed by atoms with E-state index in [-0.39, 0.29) is 0 Å². The first kappa shape index (κ1) is 12.9. The molecule has 0 unspecified atom stereocenters. The van der Waals surface area contributed by atoms with Gasteiger partial charge in [0.15, 0.2) is 5.82 Å². The molecule has 1 heterocycles. The van der Waals surface area contributed by atoms with E-state index in [1.54, 1.807) is 25.3 Å². The van der Waals surface area contributed by atoms with Crippen molar-refractivity contribution in [3.8, 4) is 11.5 Å². The lowest BCUT2D eigenvalue weighted by Gasteiger charge is -1.98. The summed E-state index contributed by atoms with van der Waals surface area (Å²) in [6.07, 6.45) is 1.57. The molecule has 0 spiro atoms. The number of methoxy groups -OCH3 is 1. The van der Waals surface area contributed by atoms with E-state index in [4.69, 9.17) is 26.6 Å². The third-order valence-electron chi connectivity index (χ3n) is 2.38. The third-order valence-corrected chi connectivity index (χ3v) is 2.60. The number of nitrogens with zero attached hydrogens (tertiary/aromatic N) is 2. The largest absolute Gasteiger partial charge is 0.399 e. The summed E-state index contributed by atoms with van der Waals surface area (Å²) in [5.74, 6) is 1.08. The van der Waals surface area contributed by atoms with Crippen molar-refractivity contribution in [2.24, 2.45) is 0 Å². The molecule has 0 saturated heterocycles. The molecule has 2 rings (SSSR count). The third kappa shape index (κ3) is 3.21. The van der Waals surface area contributed by atoms with Crippen LogP contribution in [-0.4, -0.2) is 23.9 Å². The first-order chi connectivity index (χ1) is 8.69. The summed E-state index contributed by atoms with van der Waals surface area (Å²) in [7, 11) is 1.66. The number of aryl methyl sites for hydroxylation is 1. The first-order valence-corrected chi connectivity index (χ1v) is 5.95. The van der Waals surface area contributed by atoms with Crippen LogP contribution in [0.2, 0.25) is 5.02 Å². The van der Waals surface area contributed by atoms with Crippen molar-refractivity contribution in [2.45, 2.75) is 12.8 Å². The Morgan fingerprint density at radius 1 is 1.39 bits per heavy atom. The molecule has 2 aromatic rings. The molecule has 1 aromatic heterocycles. The highest BCUT2D eigenvalue weighted by atomic mass is 35.5. The predicted molar refractivity (Wildman–Crippen MR) is 69.4 cm³/mol. The average molecular weight is 268 g/mol. The molecule has 0 radical (unpaired) electrons. The molecule has 2 N–H and O–H groups in total. The Labute approximate surface area is 110 Å². The highest BCUT2D eigenvalue weighted by molar-refractivity contribution is 6.31.